The number of rotatable bonds is 8. The van der Waals surface area contributed by atoms with Crippen molar-refractivity contribution in [1.29, 1.82) is 5.26 Å². The summed E-state index contributed by atoms with van der Waals surface area (Å²) in [6, 6.07) is 4.04. The molecule has 0 aliphatic rings. The molecule has 19 heavy (non-hydrogen) atoms. The van der Waals surface area contributed by atoms with Crippen LogP contribution in [0.2, 0.25) is 0 Å². The maximum Gasteiger partial charge on any atom is 0.158 e. The summed E-state index contributed by atoms with van der Waals surface area (Å²) < 4.78 is 5.34. The predicted octanol–water partition coefficient (Wildman–Crippen LogP) is 1.79. The van der Waals surface area contributed by atoms with Crippen molar-refractivity contribution in [3.8, 4) is 6.07 Å². The van der Waals surface area contributed by atoms with E-state index in [9.17, 15) is 0 Å². The number of nitriles is 1. The van der Waals surface area contributed by atoms with Crippen molar-refractivity contribution in [2.24, 2.45) is 0 Å². The summed E-state index contributed by atoms with van der Waals surface area (Å²) in [6.07, 6.45) is 0.480. The molecular formula is C13H21N5O. The van der Waals surface area contributed by atoms with E-state index < -0.39 is 0 Å². The molecule has 0 bridgehead atoms. The number of anilines is 2. The van der Waals surface area contributed by atoms with Crippen LogP contribution in [-0.2, 0) is 11.3 Å². The van der Waals surface area contributed by atoms with Crippen molar-refractivity contribution in [2.75, 3.05) is 37.0 Å². The van der Waals surface area contributed by atoms with Crippen molar-refractivity contribution in [3.05, 3.63) is 11.9 Å². The molecule has 0 fully saturated rings. The molecule has 0 spiro atoms. The van der Waals surface area contributed by atoms with Crippen LogP contribution in [-0.4, -0.2) is 36.7 Å². The van der Waals surface area contributed by atoms with Gasteiger partial charge in [0, 0.05) is 32.8 Å². The molecule has 1 N–H and O–H groups in total. The Hall–Kier alpha value is -1.87. The van der Waals surface area contributed by atoms with Gasteiger partial charge in [0.25, 0.3) is 0 Å². The minimum Gasteiger partial charge on any atom is -0.374 e. The molecule has 0 unspecified atom stereocenters. The van der Waals surface area contributed by atoms with Gasteiger partial charge in [-0.25, -0.2) is 9.97 Å². The molecule has 6 heteroatoms. The molecule has 0 aliphatic heterocycles. The van der Waals surface area contributed by atoms with Gasteiger partial charge in [-0.1, -0.05) is 0 Å². The highest BCUT2D eigenvalue weighted by atomic mass is 16.5. The maximum atomic E-state index is 8.69. The number of hydrogen-bond donors (Lipinski definition) is 1. The van der Waals surface area contributed by atoms with E-state index in [0.717, 1.165) is 18.2 Å². The lowest BCUT2D eigenvalue weighted by Gasteiger charge is -2.21. The lowest BCUT2D eigenvalue weighted by Crippen LogP contribution is -2.25. The first-order valence-electron chi connectivity index (χ1n) is 6.50. The second-order valence-electron chi connectivity index (χ2n) is 3.90. The lowest BCUT2D eigenvalue weighted by molar-refractivity contribution is 0.128. The average molecular weight is 263 g/mol. The van der Waals surface area contributed by atoms with Crippen LogP contribution in [0, 0.1) is 11.3 Å². The van der Waals surface area contributed by atoms with Crippen molar-refractivity contribution in [2.45, 2.75) is 26.9 Å². The highest BCUT2D eigenvalue weighted by Gasteiger charge is 2.10. The SMILES string of the molecule is CCOCc1nc(NC)cc(N(CC)CCC#N)n1. The molecule has 6 nitrogen and oxygen atoms in total. The van der Waals surface area contributed by atoms with Gasteiger partial charge in [0.05, 0.1) is 12.5 Å². The van der Waals surface area contributed by atoms with Gasteiger partial charge in [0.2, 0.25) is 0 Å². The maximum absolute atomic E-state index is 8.69. The van der Waals surface area contributed by atoms with Gasteiger partial charge in [0.15, 0.2) is 5.82 Å². The van der Waals surface area contributed by atoms with E-state index in [0.29, 0.717) is 32.0 Å². The van der Waals surface area contributed by atoms with Crippen LogP contribution in [0.15, 0.2) is 6.07 Å². The van der Waals surface area contributed by atoms with E-state index in [1.54, 1.807) is 0 Å². The highest BCUT2D eigenvalue weighted by Crippen LogP contribution is 2.16. The molecule has 104 valence electrons. The monoisotopic (exact) mass is 263 g/mol. The molecule has 1 aromatic rings. The fraction of sp³-hybridized carbons (Fsp3) is 0.615. The van der Waals surface area contributed by atoms with Crippen LogP contribution in [0.3, 0.4) is 0 Å². The van der Waals surface area contributed by atoms with Gasteiger partial charge in [-0.3, -0.25) is 0 Å². The minimum atomic E-state index is 0.398. The van der Waals surface area contributed by atoms with Crippen LogP contribution in [0.25, 0.3) is 0 Å². The quantitative estimate of drug-likeness (QED) is 0.771. The second kappa shape index (κ2) is 8.27. The van der Waals surface area contributed by atoms with Crippen molar-refractivity contribution in [3.63, 3.8) is 0 Å². The third-order valence-corrected chi connectivity index (χ3v) is 2.65. The topological polar surface area (TPSA) is 74.1 Å². The van der Waals surface area contributed by atoms with Crippen molar-refractivity contribution < 1.29 is 4.74 Å². The van der Waals surface area contributed by atoms with Gasteiger partial charge < -0.3 is 15.0 Å². The molecule has 0 aromatic carbocycles. The average Bonchev–Trinajstić information content (AvgIpc) is 2.45. The van der Waals surface area contributed by atoms with E-state index in [4.69, 9.17) is 10.00 Å². The first-order valence-corrected chi connectivity index (χ1v) is 6.50. The third-order valence-electron chi connectivity index (χ3n) is 2.65. The molecule has 1 heterocycles. The molecule has 0 amide bonds. The third kappa shape index (κ3) is 4.72. The Morgan fingerprint density at radius 1 is 1.42 bits per heavy atom. The van der Waals surface area contributed by atoms with Crippen LogP contribution >= 0.6 is 0 Å². The summed E-state index contributed by atoms with van der Waals surface area (Å²) in [6.45, 7) is 6.48. The smallest absolute Gasteiger partial charge is 0.158 e. The first-order chi connectivity index (χ1) is 9.24. The van der Waals surface area contributed by atoms with Crippen LogP contribution in [0.1, 0.15) is 26.1 Å². The number of nitrogens with one attached hydrogen (secondary N) is 1. The predicted molar refractivity (Wildman–Crippen MR) is 75.0 cm³/mol. The molecule has 0 saturated heterocycles. The minimum absolute atomic E-state index is 0.398. The molecule has 0 aliphatic carbocycles. The number of hydrogen-bond acceptors (Lipinski definition) is 6. The second-order valence-corrected chi connectivity index (χ2v) is 3.90. The summed E-state index contributed by atoms with van der Waals surface area (Å²) in [5.74, 6) is 2.24. The summed E-state index contributed by atoms with van der Waals surface area (Å²) in [4.78, 5) is 10.9. The van der Waals surface area contributed by atoms with E-state index in [1.807, 2.05) is 27.0 Å². The van der Waals surface area contributed by atoms with E-state index in [1.165, 1.54) is 0 Å². The van der Waals surface area contributed by atoms with E-state index in [2.05, 4.69) is 26.3 Å². The normalized spacial score (nSPS) is 10.0. The Balaban J connectivity index is 2.93. The fourth-order valence-electron chi connectivity index (χ4n) is 1.65. The number of nitrogens with zero attached hydrogens (tertiary/aromatic N) is 4. The highest BCUT2D eigenvalue weighted by molar-refractivity contribution is 5.49. The Morgan fingerprint density at radius 2 is 2.21 bits per heavy atom. The molecule has 1 aromatic heterocycles. The van der Waals surface area contributed by atoms with Crippen LogP contribution < -0.4 is 10.2 Å². The zero-order chi connectivity index (χ0) is 14.1. The molecule has 1 rings (SSSR count). The Labute approximate surface area is 114 Å². The van der Waals surface area contributed by atoms with Gasteiger partial charge >= 0.3 is 0 Å². The Kier molecular flexibility index (Phi) is 6.61. The molecule has 0 atom stereocenters. The zero-order valence-corrected chi connectivity index (χ0v) is 11.8. The van der Waals surface area contributed by atoms with Crippen molar-refractivity contribution >= 4 is 11.6 Å². The van der Waals surface area contributed by atoms with Crippen molar-refractivity contribution in [1.82, 2.24) is 9.97 Å². The van der Waals surface area contributed by atoms with Crippen LogP contribution in [0.5, 0.6) is 0 Å². The number of aromatic nitrogens is 2. The lowest BCUT2D eigenvalue weighted by atomic mass is 10.3. The summed E-state index contributed by atoms with van der Waals surface area (Å²) in [7, 11) is 1.82. The molecule has 0 radical (unpaired) electrons. The fourth-order valence-corrected chi connectivity index (χ4v) is 1.65. The summed E-state index contributed by atoms with van der Waals surface area (Å²) in [5, 5.41) is 11.7. The van der Waals surface area contributed by atoms with E-state index >= 15 is 0 Å². The van der Waals surface area contributed by atoms with Crippen LogP contribution in [0.4, 0.5) is 11.6 Å². The Bertz CT molecular complexity index is 430. The summed E-state index contributed by atoms with van der Waals surface area (Å²) in [5.41, 5.74) is 0. The zero-order valence-electron chi connectivity index (χ0n) is 11.8. The van der Waals surface area contributed by atoms with Gasteiger partial charge in [0.1, 0.15) is 18.2 Å². The largest absolute Gasteiger partial charge is 0.374 e. The number of ether oxygens (including phenoxy) is 1. The van der Waals surface area contributed by atoms with E-state index in [-0.39, 0.29) is 0 Å². The molecule has 0 saturated carbocycles. The van der Waals surface area contributed by atoms with Gasteiger partial charge in [-0.05, 0) is 13.8 Å². The first kappa shape index (κ1) is 15.2. The Morgan fingerprint density at radius 3 is 2.79 bits per heavy atom. The van der Waals surface area contributed by atoms with Gasteiger partial charge in [-0.2, -0.15) is 5.26 Å². The molecular weight excluding hydrogens is 242 g/mol. The summed E-state index contributed by atoms with van der Waals surface area (Å²) >= 11 is 0. The standard InChI is InChI=1S/C13H21N5O/c1-4-18(8-6-7-14)13-9-11(15-3)16-12(17-13)10-19-5-2/h9H,4-6,8,10H2,1-3H3,(H,15,16,17). The van der Waals surface area contributed by atoms with Gasteiger partial charge in [-0.15, -0.1) is 0 Å².